The zero-order valence-electron chi connectivity index (χ0n) is 24.0. The van der Waals surface area contributed by atoms with E-state index in [0.717, 1.165) is 50.9 Å². The lowest BCUT2D eigenvalue weighted by molar-refractivity contribution is 0.0516. The van der Waals surface area contributed by atoms with E-state index in [1.807, 2.05) is 19.2 Å². The second-order valence-corrected chi connectivity index (χ2v) is 11.7. The molecule has 0 radical (unpaired) electrons. The van der Waals surface area contributed by atoms with E-state index in [4.69, 9.17) is 4.74 Å². The largest absolute Gasteiger partial charge is 0.491 e. The number of benzene rings is 2. The van der Waals surface area contributed by atoms with Gasteiger partial charge in [-0.25, -0.2) is 4.98 Å². The summed E-state index contributed by atoms with van der Waals surface area (Å²) in [6.07, 6.45) is 5.51. The smallest absolute Gasteiger partial charge is 0.261 e. The Kier molecular flexibility index (Phi) is 6.98. The van der Waals surface area contributed by atoms with E-state index in [1.54, 1.807) is 18.2 Å². The number of ether oxygens (including phenoxy) is 1. The number of likely N-dealkylation sites (tertiary alicyclic amines) is 1. The molecule has 7 rings (SSSR count). The van der Waals surface area contributed by atoms with Crippen LogP contribution in [0.2, 0.25) is 0 Å². The summed E-state index contributed by atoms with van der Waals surface area (Å²) in [4.78, 5) is 53.7. The highest BCUT2D eigenvalue weighted by Crippen LogP contribution is 2.33. The molecule has 4 heterocycles. The fourth-order valence-corrected chi connectivity index (χ4v) is 6.44. The molecule has 1 fully saturated rings. The molecule has 4 aromatic rings. The zero-order valence-corrected chi connectivity index (χ0v) is 24.0. The van der Waals surface area contributed by atoms with Crippen molar-refractivity contribution in [2.24, 2.45) is 0 Å². The van der Waals surface area contributed by atoms with Gasteiger partial charge in [-0.15, -0.1) is 0 Å². The number of nitrogens with one attached hydrogen (secondary N) is 3. The summed E-state index contributed by atoms with van der Waals surface area (Å²) in [6, 6.07) is 10.9. The Bertz CT molecular complexity index is 1730. The van der Waals surface area contributed by atoms with Crippen molar-refractivity contribution >= 4 is 28.5 Å². The molecule has 0 bridgehead atoms. The summed E-state index contributed by atoms with van der Waals surface area (Å²) in [5.74, 6) is 0.441. The molecule has 222 valence electrons. The first-order chi connectivity index (χ1) is 20.9. The lowest BCUT2D eigenvalue weighted by Crippen LogP contribution is -2.46. The number of pyridine rings is 1. The lowest BCUT2D eigenvalue weighted by Gasteiger charge is -2.33. The van der Waals surface area contributed by atoms with Crippen LogP contribution in [0.15, 0.2) is 47.4 Å². The summed E-state index contributed by atoms with van der Waals surface area (Å²) in [6.45, 7) is 1.91. The minimum absolute atomic E-state index is 0.0944. The molecule has 11 nitrogen and oxygen atoms in total. The quantitative estimate of drug-likeness (QED) is 0.232. The minimum Gasteiger partial charge on any atom is -0.491 e. The van der Waals surface area contributed by atoms with E-state index >= 15 is 0 Å². The summed E-state index contributed by atoms with van der Waals surface area (Å²) < 4.78 is 5.83. The third kappa shape index (κ3) is 5.08. The van der Waals surface area contributed by atoms with Crippen molar-refractivity contribution in [2.75, 3.05) is 38.6 Å². The molecule has 3 aliphatic rings. The van der Waals surface area contributed by atoms with Crippen LogP contribution in [-0.2, 0) is 12.8 Å². The fourth-order valence-electron chi connectivity index (χ4n) is 6.44. The predicted octanol–water partition coefficient (Wildman–Crippen LogP) is 2.95. The van der Waals surface area contributed by atoms with E-state index in [0.29, 0.717) is 33.7 Å². The molecule has 43 heavy (non-hydrogen) atoms. The fraction of sp³-hybridized carbons (Fsp3) is 0.375. The molecule has 11 heteroatoms. The number of aryl methyl sites for hydroxylation is 2. The second-order valence-electron chi connectivity index (χ2n) is 11.7. The van der Waals surface area contributed by atoms with Crippen LogP contribution < -0.4 is 15.6 Å². The highest BCUT2D eigenvalue weighted by molar-refractivity contribution is 6.23. The highest BCUT2D eigenvalue weighted by atomic mass is 16.5. The number of imide groups is 1. The Morgan fingerprint density at radius 1 is 1.05 bits per heavy atom. The van der Waals surface area contributed by atoms with Gasteiger partial charge in [0.25, 0.3) is 17.4 Å². The van der Waals surface area contributed by atoms with Gasteiger partial charge in [-0.3, -0.25) is 19.3 Å². The SMILES string of the molecule is CN1CCC(N2C(=O)c3cc4nc(-c5c(NCC(O)COc6ccc7c(c6)CCC7)cc[nH]c5=O)[nH]c4cc3C2=O)CC1. The van der Waals surface area contributed by atoms with Gasteiger partial charge in [0.1, 0.15) is 29.8 Å². The third-order valence-electron chi connectivity index (χ3n) is 8.81. The summed E-state index contributed by atoms with van der Waals surface area (Å²) in [5.41, 5.74) is 4.75. The van der Waals surface area contributed by atoms with E-state index in [9.17, 15) is 19.5 Å². The maximum absolute atomic E-state index is 13.3. The number of aromatic nitrogens is 3. The number of piperidine rings is 1. The van der Waals surface area contributed by atoms with Crippen molar-refractivity contribution in [1.29, 1.82) is 0 Å². The maximum Gasteiger partial charge on any atom is 0.261 e. The number of aliphatic hydroxyl groups is 1. The van der Waals surface area contributed by atoms with Crippen LogP contribution in [0, 0.1) is 0 Å². The molecule has 2 amide bonds. The van der Waals surface area contributed by atoms with Crippen LogP contribution in [0.25, 0.3) is 22.4 Å². The van der Waals surface area contributed by atoms with Crippen molar-refractivity contribution in [1.82, 2.24) is 24.8 Å². The number of imidazole rings is 1. The summed E-state index contributed by atoms with van der Waals surface area (Å²) in [5, 5.41) is 13.8. The van der Waals surface area contributed by atoms with Gasteiger partial charge in [0.15, 0.2) is 0 Å². The molecule has 1 atom stereocenters. The van der Waals surface area contributed by atoms with Gasteiger partial charge in [-0.05, 0) is 93.7 Å². The Morgan fingerprint density at radius 2 is 1.81 bits per heavy atom. The Morgan fingerprint density at radius 3 is 2.63 bits per heavy atom. The number of rotatable bonds is 8. The van der Waals surface area contributed by atoms with Crippen molar-refractivity contribution in [2.45, 2.75) is 44.2 Å². The molecule has 4 N–H and O–H groups in total. The molecule has 1 unspecified atom stereocenters. The first-order valence-corrected chi connectivity index (χ1v) is 14.8. The molecular weight excluding hydrogens is 548 g/mol. The molecule has 2 aromatic heterocycles. The van der Waals surface area contributed by atoms with E-state index in [1.165, 1.54) is 22.2 Å². The Balaban J connectivity index is 1.08. The highest BCUT2D eigenvalue weighted by Gasteiger charge is 2.41. The molecule has 1 saturated heterocycles. The van der Waals surface area contributed by atoms with Gasteiger partial charge in [-0.2, -0.15) is 0 Å². The number of H-pyrrole nitrogens is 2. The van der Waals surface area contributed by atoms with Gasteiger partial charge < -0.3 is 30.0 Å². The van der Waals surface area contributed by atoms with E-state index in [-0.39, 0.29) is 42.1 Å². The normalized spacial score (nSPS) is 17.9. The zero-order chi connectivity index (χ0) is 29.7. The van der Waals surface area contributed by atoms with Crippen molar-refractivity contribution in [3.8, 4) is 17.1 Å². The molecule has 0 saturated carbocycles. The number of carbonyl (C=O) groups is 2. The van der Waals surface area contributed by atoms with Crippen LogP contribution in [-0.4, -0.2) is 87.1 Å². The van der Waals surface area contributed by atoms with Crippen LogP contribution in [0.5, 0.6) is 5.75 Å². The number of nitrogens with zero attached hydrogens (tertiary/aromatic N) is 3. The number of fused-ring (bicyclic) bond motifs is 3. The average Bonchev–Trinajstić information content (AvgIpc) is 3.70. The summed E-state index contributed by atoms with van der Waals surface area (Å²) in [7, 11) is 2.04. The number of hydrogen-bond acceptors (Lipinski definition) is 8. The summed E-state index contributed by atoms with van der Waals surface area (Å²) >= 11 is 0. The van der Waals surface area contributed by atoms with Crippen molar-refractivity contribution in [3.63, 3.8) is 0 Å². The second kappa shape index (κ2) is 11.0. The minimum atomic E-state index is -0.830. The number of hydrogen-bond donors (Lipinski definition) is 4. The van der Waals surface area contributed by atoms with E-state index in [2.05, 4.69) is 31.2 Å². The number of aliphatic hydroxyl groups excluding tert-OH is 1. The Labute approximate surface area is 247 Å². The van der Waals surface area contributed by atoms with Crippen LogP contribution >= 0.6 is 0 Å². The average molecular weight is 583 g/mol. The van der Waals surface area contributed by atoms with Gasteiger partial charge >= 0.3 is 0 Å². The number of anilines is 1. The Hall–Kier alpha value is -4.48. The molecule has 0 spiro atoms. The standard InChI is InChI=1S/C32H34N6O5/c1-37-11-8-20(9-12-37)38-31(41)23-14-26-27(15-24(23)32(38)42)36-29(35-26)28-25(7-10-33-30(28)40)34-16-21(39)17-43-22-6-5-18-3-2-4-19(18)13-22/h5-7,10,13-15,20-21,39H,2-4,8-9,11-12,16-17H2,1H3,(H,35,36)(H2,33,34,40). The topological polar surface area (TPSA) is 144 Å². The third-order valence-corrected chi connectivity index (χ3v) is 8.81. The van der Waals surface area contributed by atoms with Gasteiger partial charge in [0, 0.05) is 18.8 Å². The van der Waals surface area contributed by atoms with Gasteiger partial charge in [0.05, 0.1) is 27.8 Å². The predicted molar refractivity (Wildman–Crippen MR) is 162 cm³/mol. The van der Waals surface area contributed by atoms with Crippen molar-refractivity contribution < 1.29 is 19.4 Å². The number of amides is 2. The van der Waals surface area contributed by atoms with Crippen LogP contribution in [0.1, 0.15) is 51.1 Å². The molecule has 2 aromatic carbocycles. The van der Waals surface area contributed by atoms with Gasteiger partial charge in [0.2, 0.25) is 0 Å². The monoisotopic (exact) mass is 582 g/mol. The maximum atomic E-state index is 13.3. The molecule has 1 aliphatic carbocycles. The lowest BCUT2D eigenvalue weighted by atomic mass is 10.0. The van der Waals surface area contributed by atoms with Gasteiger partial charge in [-0.1, -0.05) is 6.07 Å². The van der Waals surface area contributed by atoms with E-state index < -0.39 is 6.10 Å². The first kappa shape index (κ1) is 27.4. The number of carbonyl (C=O) groups excluding carboxylic acids is 2. The number of aromatic amines is 2. The van der Waals surface area contributed by atoms with Crippen LogP contribution in [0.3, 0.4) is 0 Å². The van der Waals surface area contributed by atoms with Crippen molar-refractivity contribution in [3.05, 3.63) is 75.2 Å². The molecule has 2 aliphatic heterocycles. The van der Waals surface area contributed by atoms with Crippen LogP contribution in [0.4, 0.5) is 5.69 Å². The first-order valence-electron chi connectivity index (χ1n) is 14.8. The molecular formula is C32H34N6O5.